The van der Waals surface area contributed by atoms with Gasteiger partial charge in [-0.2, -0.15) is 0 Å². The van der Waals surface area contributed by atoms with Crippen LogP contribution in [-0.2, 0) is 11.2 Å². The van der Waals surface area contributed by atoms with Crippen LogP contribution in [0.15, 0.2) is 24.3 Å². The van der Waals surface area contributed by atoms with Crippen molar-refractivity contribution >= 4 is 5.91 Å². The summed E-state index contributed by atoms with van der Waals surface area (Å²) in [4.78, 5) is 11.3. The summed E-state index contributed by atoms with van der Waals surface area (Å²) in [7, 11) is 0. The lowest BCUT2D eigenvalue weighted by Crippen LogP contribution is -2.32. The lowest BCUT2D eigenvalue weighted by Gasteiger charge is -2.09. The Bertz CT molecular complexity index is 335. The van der Waals surface area contributed by atoms with Gasteiger partial charge in [0.1, 0.15) is 6.04 Å². The number of fused-ring (bicyclic) bond motifs is 1. The van der Waals surface area contributed by atoms with Crippen LogP contribution in [0.4, 0.5) is 0 Å². The van der Waals surface area contributed by atoms with Gasteiger partial charge < -0.3 is 11.1 Å². The van der Waals surface area contributed by atoms with Crippen LogP contribution in [-0.4, -0.2) is 12.5 Å². The molecule has 0 spiro atoms. The van der Waals surface area contributed by atoms with Crippen molar-refractivity contribution in [2.45, 2.75) is 12.5 Å². The van der Waals surface area contributed by atoms with Gasteiger partial charge in [-0.3, -0.25) is 4.79 Å². The van der Waals surface area contributed by atoms with Crippen molar-refractivity contribution in [3.8, 4) is 0 Å². The molecule has 1 atom stereocenters. The second-order valence-corrected chi connectivity index (χ2v) is 3.22. The lowest BCUT2D eigenvalue weighted by molar-refractivity contribution is -0.122. The van der Waals surface area contributed by atoms with Crippen LogP contribution in [0.25, 0.3) is 0 Å². The van der Waals surface area contributed by atoms with Crippen LogP contribution in [0.3, 0.4) is 0 Å². The van der Waals surface area contributed by atoms with Gasteiger partial charge in [-0.25, -0.2) is 0 Å². The maximum Gasteiger partial charge on any atom is 0.241 e. The van der Waals surface area contributed by atoms with Gasteiger partial charge in [0.25, 0.3) is 0 Å². The second-order valence-electron chi connectivity index (χ2n) is 3.22. The highest BCUT2D eigenvalue weighted by Crippen LogP contribution is 2.18. The molecule has 1 aromatic rings. The Morgan fingerprint density at radius 3 is 3.00 bits per heavy atom. The minimum atomic E-state index is -0.501. The van der Waals surface area contributed by atoms with E-state index in [0.717, 1.165) is 12.0 Å². The van der Waals surface area contributed by atoms with Gasteiger partial charge in [-0.1, -0.05) is 24.3 Å². The number of carbonyl (C=O) groups excluding carboxylic acids is 1. The highest BCUT2D eigenvalue weighted by molar-refractivity contribution is 5.83. The maximum absolute atomic E-state index is 11.3. The van der Waals surface area contributed by atoms with Crippen LogP contribution in [0.2, 0.25) is 0 Å². The van der Waals surface area contributed by atoms with Crippen LogP contribution < -0.4 is 11.1 Å². The average molecular weight is 176 g/mol. The van der Waals surface area contributed by atoms with Gasteiger partial charge in [-0.05, 0) is 17.5 Å². The average Bonchev–Trinajstić information content (AvgIpc) is 2.29. The van der Waals surface area contributed by atoms with E-state index in [0.29, 0.717) is 6.54 Å². The highest BCUT2D eigenvalue weighted by atomic mass is 16.2. The number of hydrogen-bond acceptors (Lipinski definition) is 2. The molecule has 0 radical (unpaired) electrons. The molecule has 1 aliphatic heterocycles. The minimum absolute atomic E-state index is 0.0787. The number of amides is 1. The van der Waals surface area contributed by atoms with Crippen LogP contribution in [0, 0.1) is 0 Å². The molecule has 1 heterocycles. The van der Waals surface area contributed by atoms with Crippen LogP contribution in [0.5, 0.6) is 0 Å². The van der Waals surface area contributed by atoms with Gasteiger partial charge in [-0.15, -0.1) is 0 Å². The monoisotopic (exact) mass is 176 g/mol. The van der Waals surface area contributed by atoms with Crippen LogP contribution in [0.1, 0.15) is 17.2 Å². The molecule has 1 aliphatic rings. The first-order valence-electron chi connectivity index (χ1n) is 4.40. The molecule has 1 unspecified atom stereocenters. The summed E-state index contributed by atoms with van der Waals surface area (Å²) in [6, 6.07) is 7.33. The number of nitrogens with two attached hydrogens (primary N) is 1. The van der Waals surface area contributed by atoms with E-state index in [1.807, 2.05) is 24.3 Å². The summed E-state index contributed by atoms with van der Waals surface area (Å²) in [5, 5.41) is 2.78. The summed E-state index contributed by atoms with van der Waals surface area (Å²) in [6.45, 7) is 0.684. The number of carbonyl (C=O) groups is 1. The normalized spacial score (nSPS) is 21.6. The Hall–Kier alpha value is -1.35. The topological polar surface area (TPSA) is 55.1 Å². The Kier molecular flexibility index (Phi) is 2.02. The Balaban J connectivity index is 2.46. The predicted molar refractivity (Wildman–Crippen MR) is 50.1 cm³/mol. The first kappa shape index (κ1) is 8.26. The van der Waals surface area contributed by atoms with Gasteiger partial charge >= 0.3 is 0 Å². The zero-order valence-electron chi connectivity index (χ0n) is 7.29. The molecule has 3 heteroatoms. The van der Waals surface area contributed by atoms with Crippen molar-refractivity contribution < 1.29 is 4.79 Å². The molecule has 3 nitrogen and oxygen atoms in total. The fourth-order valence-corrected chi connectivity index (χ4v) is 1.64. The number of nitrogens with one attached hydrogen (secondary N) is 1. The molecule has 13 heavy (non-hydrogen) atoms. The van der Waals surface area contributed by atoms with E-state index in [4.69, 9.17) is 5.73 Å². The molecule has 0 saturated heterocycles. The Morgan fingerprint density at radius 2 is 2.15 bits per heavy atom. The molecule has 68 valence electrons. The molecular weight excluding hydrogens is 164 g/mol. The quantitative estimate of drug-likeness (QED) is 0.599. The van der Waals surface area contributed by atoms with Crippen LogP contribution >= 0.6 is 0 Å². The van der Waals surface area contributed by atoms with Gasteiger partial charge in [0.2, 0.25) is 5.91 Å². The Morgan fingerprint density at radius 1 is 1.38 bits per heavy atom. The van der Waals surface area contributed by atoms with Gasteiger partial charge in [0.05, 0.1) is 0 Å². The molecule has 1 aromatic carbocycles. The molecule has 0 saturated carbocycles. The standard InChI is InChI=1S/C10H12N2O/c11-9-8-4-2-1-3-7(8)5-6-12-10(9)13/h1-4,9H,5-6,11H2,(H,12,13). The minimum Gasteiger partial charge on any atom is -0.354 e. The lowest BCUT2D eigenvalue weighted by atomic mass is 10.00. The number of rotatable bonds is 0. The third-order valence-electron chi connectivity index (χ3n) is 2.37. The van der Waals surface area contributed by atoms with Crippen molar-refractivity contribution in [3.05, 3.63) is 35.4 Å². The van der Waals surface area contributed by atoms with E-state index in [2.05, 4.69) is 5.32 Å². The maximum atomic E-state index is 11.3. The molecule has 0 aromatic heterocycles. The third-order valence-corrected chi connectivity index (χ3v) is 2.37. The van der Waals surface area contributed by atoms with Crippen molar-refractivity contribution in [3.63, 3.8) is 0 Å². The second kappa shape index (κ2) is 3.18. The fourth-order valence-electron chi connectivity index (χ4n) is 1.64. The SMILES string of the molecule is NC1C(=O)NCCc2ccccc21. The van der Waals surface area contributed by atoms with E-state index in [1.165, 1.54) is 5.56 Å². The van der Waals surface area contributed by atoms with Crippen molar-refractivity contribution in [2.75, 3.05) is 6.54 Å². The summed E-state index contributed by atoms with van der Waals surface area (Å²) in [5.74, 6) is -0.0787. The zero-order valence-corrected chi connectivity index (χ0v) is 7.29. The molecular formula is C10H12N2O. The number of benzene rings is 1. The summed E-state index contributed by atoms with van der Waals surface area (Å²) >= 11 is 0. The van der Waals surface area contributed by atoms with Gasteiger partial charge in [0.15, 0.2) is 0 Å². The van der Waals surface area contributed by atoms with Gasteiger partial charge in [0, 0.05) is 6.54 Å². The smallest absolute Gasteiger partial charge is 0.241 e. The third kappa shape index (κ3) is 1.42. The van der Waals surface area contributed by atoms with E-state index in [9.17, 15) is 4.79 Å². The largest absolute Gasteiger partial charge is 0.354 e. The number of hydrogen-bond donors (Lipinski definition) is 2. The molecule has 0 fully saturated rings. The molecule has 3 N–H and O–H groups in total. The first-order chi connectivity index (χ1) is 6.29. The molecule has 1 amide bonds. The summed E-state index contributed by atoms with van der Waals surface area (Å²) in [5.41, 5.74) is 7.91. The molecule has 0 bridgehead atoms. The Labute approximate surface area is 76.9 Å². The zero-order chi connectivity index (χ0) is 9.26. The van der Waals surface area contributed by atoms with E-state index < -0.39 is 6.04 Å². The van der Waals surface area contributed by atoms with Crippen molar-refractivity contribution in [1.29, 1.82) is 0 Å². The first-order valence-corrected chi connectivity index (χ1v) is 4.40. The fraction of sp³-hybridized carbons (Fsp3) is 0.300. The van der Waals surface area contributed by atoms with Crippen molar-refractivity contribution in [2.24, 2.45) is 5.73 Å². The molecule has 0 aliphatic carbocycles. The highest BCUT2D eigenvalue weighted by Gasteiger charge is 2.20. The summed E-state index contributed by atoms with van der Waals surface area (Å²) in [6.07, 6.45) is 0.871. The predicted octanol–water partition coefficient (Wildman–Crippen LogP) is 0.359. The molecule has 2 rings (SSSR count). The van der Waals surface area contributed by atoms with E-state index in [-0.39, 0.29) is 5.91 Å². The summed E-state index contributed by atoms with van der Waals surface area (Å²) < 4.78 is 0. The van der Waals surface area contributed by atoms with E-state index >= 15 is 0 Å². The van der Waals surface area contributed by atoms with Crippen molar-refractivity contribution in [1.82, 2.24) is 5.32 Å². The van der Waals surface area contributed by atoms with E-state index in [1.54, 1.807) is 0 Å².